The van der Waals surface area contributed by atoms with Gasteiger partial charge in [-0.15, -0.1) is 0 Å². The van der Waals surface area contributed by atoms with E-state index in [0.29, 0.717) is 0 Å². The summed E-state index contributed by atoms with van der Waals surface area (Å²) in [4.78, 5) is 11.2. The Morgan fingerprint density at radius 3 is 2.45 bits per heavy atom. The van der Waals surface area contributed by atoms with Crippen molar-refractivity contribution in [1.82, 2.24) is 9.97 Å². The summed E-state index contributed by atoms with van der Waals surface area (Å²) in [6.45, 7) is 6.02. The Hall–Kier alpha value is -2.62. The van der Waals surface area contributed by atoms with E-state index < -0.39 is 0 Å². The van der Waals surface area contributed by atoms with Crippen molar-refractivity contribution >= 4 is 22.4 Å². The van der Waals surface area contributed by atoms with E-state index in [9.17, 15) is 0 Å². The molecule has 22 heavy (non-hydrogen) atoms. The maximum absolute atomic E-state index is 6.50. The maximum atomic E-state index is 6.50. The predicted octanol–water partition coefficient (Wildman–Crippen LogP) is 3.73. The first-order valence-corrected chi connectivity index (χ1v) is 7.59. The van der Waals surface area contributed by atoms with E-state index in [1.807, 2.05) is 24.3 Å². The highest BCUT2D eigenvalue weighted by molar-refractivity contribution is 6.02. The van der Waals surface area contributed by atoms with E-state index in [1.165, 1.54) is 0 Å². The number of anilines is 2. The standard InChI is InChI=1S/C18H20N4/c1-3-22(4-2)18-16(13-8-6-5-7-9-13)17(19)14-10-11-20-12-15(14)21-18/h5-12H,3-4H2,1-2H3,(H2,19,21). The van der Waals surface area contributed by atoms with Gasteiger partial charge in [-0.25, -0.2) is 4.98 Å². The largest absolute Gasteiger partial charge is 0.398 e. The Labute approximate surface area is 130 Å². The number of pyridine rings is 2. The van der Waals surface area contributed by atoms with Gasteiger partial charge < -0.3 is 10.6 Å². The molecule has 0 bridgehead atoms. The number of nitrogen functional groups attached to an aromatic ring is 1. The third-order valence-corrected chi connectivity index (χ3v) is 3.93. The number of hydrogen-bond acceptors (Lipinski definition) is 4. The van der Waals surface area contributed by atoms with Crippen LogP contribution in [0.2, 0.25) is 0 Å². The number of nitrogens with two attached hydrogens (primary N) is 1. The fourth-order valence-electron chi connectivity index (χ4n) is 2.77. The number of aromatic nitrogens is 2. The zero-order valence-corrected chi connectivity index (χ0v) is 13.0. The topological polar surface area (TPSA) is 55.0 Å². The van der Waals surface area contributed by atoms with E-state index in [-0.39, 0.29) is 0 Å². The predicted molar refractivity (Wildman–Crippen MR) is 92.9 cm³/mol. The van der Waals surface area contributed by atoms with Gasteiger partial charge in [-0.1, -0.05) is 30.3 Å². The van der Waals surface area contributed by atoms with Gasteiger partial charge in [-0.2, -0.15) is 0 Å². The van der Waals surface area contributed by atoms with Crippen LogP contribution in [0, 0.1) is 0 Å². The quantitative estimate of drug-likeness (QED) is 0.796. The molecule has 3 rings (SSSR count). The lowest BCUT2D eigenvalue weighted by atomic mass is 10.0. The summed E-state index contributed by atoms with van der Waals surface area (Å²) < 4.78 is 0. The van der Waals surface area contributed by atoms with Crippen molar-refractivity contribution in [1.29, 1.82) is 0 Å². The number of benzene rings is 1. The molecular formula is C18H20N4. The van der Waals surface area contributed by atoms with Crippen LogP contribution in [0.25, 0.3) is 22.0 Å². The molecule has 0 saturated heterocycles. The summed E-state index contributed by atoms with van der Waals surface area (Å²) in [5.74, 6) is 0.925. The van der Waals surface area contributed by atoms with Gasteiger partial charge in [0, 0.05) is 30.2 Å². The summed E-state index contributed by atoms with van der Waals surface area (Å²) in [6.07, 6.45) is 3.53. The smallest absolute Gasteiger partial charge is 0.139 e. The third kappa shape index (κ3) is 2.37. The van der Waals surface area contributed by atoms with Crippen molar-refractivity contribution in [3.8, 4) is 11.1 Å². The summed E-state index contributed by atoms with van der Waals surface area (Å²) >= 11 is 0. The van der Waals surface area contributed by atoms with Crippen LogP contribution in [-0.4, -0.2) is 23.1 Å². The van der Waals surface area contributed by atoms with Crippen molar-refractivity contribution in [2.24, 2.45) is 0 Å². The van der Waals surface area contributed by atoms with E-state index in [0.717, 1.165) is 46.6 Å². The average Bonchev–Trinajstić information content (AvgIpc) is 2.57. The van der Waals surface area contributed by atoms with Gasteiger partial charge in [-0.05, 0) is 25.5 Å². The molecule has 0 atom stereocenters. The third-order valence-electron chi connectivity index (χ3n) is 3.93. The molecule has 0 aliphatic heterocycles. The van der Waals surface area contributed by atoms with Gasteiger partial charge in [0.25, 0.3) is 0 Å². The minimum Gasteiger partial charge on any atom is -0.398 e. The fraction of sp³-hybridized carbons (Fsp3) is 0.222. The molecule has 3 aromatic rings. The fourth-order valence-corrected chi connectivity index (χ4v) is 2.77. The van der Waals surface area contributed by atoms with Gasteiger partial charge in [-0.3, -0.25) is 4.98 Å². The Bertz CT molecular complexity index is 780. The van der Waals surface area contributed by atoms with Crippen LogP contribution in [0.4, 0.5) is 11.5 Å². The molecule has 2 heterocycles. The first kappa shape index (κ1) is 14.3. The van der Waals surface area contributed by atoms with Gasteiger partial charge in [0.1, 0.15) is 5.82 Å². The highest BCUT2D eigenvalue weighted by Gasteiger charge is 2.18. The Balaban J connectivity index is 2.36. The highest BCUT2D eigenvalue weighted by Crippen LogP contribution is 2.38. The summed E-state index contributed by atoms with van der Waals surface area (Å²) in [5, 5.41) is 0.949. The second-order valence-electron chi connectivity index (χ2n) is 5.16. The highest BCUT2D eigenvalue weighted by atomic mass is 15.2. The molecule has 0 spiro atoms. The van der Waals surface area contributed by atoms with Crippen molar-refractivity contribution < 1.29 is 0 Å². The lowest BCUT2D eigenvalue weighted by molar-refractivity contribution is 0.851. The first-order valence-electron chi connectivity index (χ1n) is 7.59. The van der Waals surface area contributed by atoms with Crippen LogP contribution in [0.3, 0.4) is 0 Å². The molecule has 0 unspecified atom stereocenters. The molecule has 112 valence electrons. The monoisotopic (exact) mass is 292 g/mol. The Morgan fingerprint density at radius 2 is 1.77 bits per heavy atom. The van der Waals surface area contributed by atoms with Gasteiger partial charge in [0.15, 0.2) is 0 Å². The number of rotatable bonds is 4. The molecule has 1 aromatic carbocycles. The number of fused-ring (bicyclic) bond motifs is 1. The molecule has 0 radical (unpaired) electrons. The first-order chi connectivity index (χ1) is 10.8. The molecule has 4 nitrogen and oxygen atoms in total. The summed E-state index contributed by atoms with van der Waals surface area (Å²) in [7, 11) is 0. The SMILES string of the molecule is CCN(CC)c1nc2cnccc2c(N)c1-c1ccccc1. The molecule has 2 aromatic heterocycles. The van der Waals surface area contributed by atoms with E-state index in [2.05, 4.69) is 35.9 Å². The van der Waals surface area contributed by atoms with Crippen molar-refractivity contribution in [2.45, 2.75) is 13.8 Å². The van der Waals surface area contributed by atoms with Gasteiger partial charge >= 0.3 is 0 Å². The zero-order valence-electron chi connectivity index (χ0n) is 13.0. The molecule has 2 N–H and O–H groups in total. The Kier molecular flexibility index (Phi) is 3.92. The minimum atomic E-state index is 0.764. The lowest BCUT2D eigenvalue weighted by Crippen LogP contribution is -2.24. The minimum absolute atomic E-state index is 0.764. The van der Waals surface area contributed by atoms with Gasteiger partial charge in [0.05, 0.1) is 17.4 Å². The van der Waals surface area contributed by atoms with Crippen molar-refractivity contribution in [2.75, 3.05) is 23.7 Å². The lowest BCUT2D eigenvalue weighted by Gasteiger charge is -2.25. The molecule has 0 saturated carbocycles. The van der Waals surface area contributed by atoms with Gasteiger partial charge in [0.2, 0.25) is 0 Å². The maximum Gasteiger partial charge on any atom is 0.139 e. The average molecular weight is 292 g/mol. The normalized spacial score (nSPS) is 10.8. The second kappa shape index (κ2) is 6.02. The molecular weight excluding hydrogens is 272 g/mol. The zero-order chi connectivity index (χ0) is 15.5. The van der Waals surface area contributed by atoms with Crippen LogP contribution >= 0.6 is 0 Å². The van der Waals surface area contributed by atoms with E-state index in [1.54, 1.807) is 12.4 Å². The van der Waals surface area contributed by atoms with Crippen LogP contribution in [-0.2, 0) is 0 Å². The molecule has 0 fully saturated rings. The second-order valence-corrected chi connectivity index (χ2v) is 5.16. The van der Waals surface area contributed by atoms with Crippen molar-refractivity contribution in [3.63, 3.8) is 0 Å². The van der Waals surface area contributed by atoms with Crippen LogP contribution in [0.15, 0.2) is 48.8 Å². The molecule has 4 heteroatoms. The van der Waals surface area contributed by atoms with Crippen LogP contribution < -0.4 is 10.6 Å². The summed E-state index contributed by atoms with van der Waals surface area (Å²) in [5.41, 5.74) is 10.2. The van der Waals surface area contributed by atoms with Crippen LogP contribution in [0.5, 0.6) is 0 Å². The van der Waals surface area contributed by atoms with Crippen LogP contribution in [0.1, 0.15) is 13.8 Å². The molecule has 0 aliphatic carbocycles. The number of hydrogen-bond donors (Lipinski definition) is 1. The Morgan fingerprint density at radius 1 is 1.05 bits per heavy atom. The molecule has 0 aliphatic rings. The summed E-state index contributed by atoms with van der Waals surface area (Å²) in [6, 6.07) is 12.1. The van der Waals surface area contributed by atoms with E-state index in [4.69, 9.17) is 10.7 Å². The molecule has 0 amide bonds. The number of nitrogens with zero attached hydrogens (tertiary/aromatic N) is 3. The van der Waals surface area contributed by atoms with Crippen molar-refractivity contribution in [3.05, 3.63) is 48.8 Å². The van der Waals surface area contributed by atoms with E-state index >= 15 is 0 Å².